The maximum Gasteiger partial charge on any atom is 0.407 e. The number of likely N-dealkylation sites (tertiary alicyclic amines) is 1. The van der Waals surface area contributed by atoms with Crippen LogP contribution in [0.3, 0.4) is 0 Å². The molecule has 0 saturated carbocycles. The van der Waals surface area contributed by atoms with E-state index >= 15 is 0 Å². The van der Waals surface area contributed by atoms with Gasteiger partial charge in [0.2, 0.25) is 5.91 Å². The van der Waals surface area contributed by atoms with Crippen LogP contribution >= 0.6 is 0 Å². The van der Waals surface area contributed by atoms with Crippen molar-refractivity contribution in [3.8, 4) is 11.1 Å². The van der Waals surface area contributed by atoms with E-state index in [0.717, 1.165) is 28.7 Å². The highest BCUT2D eigenvalue weighted by molar-refractivity contribution is 5.87. The lowest BCUT2D eigenvalue weighted by Gasteiger charge is -2.31. The van der Waals surface area contributed by atoms with Gasteiger partial charge in [-0.15, -0.1) is 0 Å². The van der Waals surface area contributed by atoms with E-state index < -0.39 is 24.2 Å². The largest absolute Gasteiger partial charge is 0.481 e. The molecule has 1 aliphatic carbocycles. The fraction of sp³-hybridized carbons (Fsp3) is 0.423. The van der Waals surface area contributed by atoms with Gasteiger partial charge in [-0.3, -0.25) is 9.59 Å². The number of aliphatic carboxylic acids is 1. The lowest BCUT2D eigenvalue weighted by Crippen LogP contribution is -2.55. The van der Waals surface area contributed by atoms with Crippen LogP contribution in [0, 0.1) is 0 Å². The number of methoxy groups -OCH3 is 1. The van der Waals surface area contributed by atoms with Crippen molar-refractivity contribution in [3.05, 3.63) is 59.7 Å². The first-order chi connectivity index (χ1) is 16.4. The van der Waals surface area contributed by atoms with Crippen LogP contribution in [0.5, 0.6) is 0 Å². The zero-order valence-electron chi connectivity index (χ0n) is 19.4. The summed E-state index contributed by atoms with van der Waals surface area (Å²) in [5.41, 5.74) is 4.46. The highest BCUT2D eigenvalue weighted by atomic mass is 16.5. The zero-order chi connectivity index (χ0) is 24.2. The van der Waals surface area contributed by atoms with Gasteiger partial charge in [0, 0.05) is 25.6 Å². The third-order valence-electron chi connectivity index (χ3n) is 6.79. The summed E-state index contributed by atoms with van der Waals surface area (Å²) < 4.78 is 10.9. The molecular formula is C26H30N2O6. The number of alkyl carbamates (subject to hydrolysis) is 1. The molecule has 8 heteroatoms. The summed E-state index contributed by atoms with van der Waals surface area (Å²) in [7, 11) is 1.46. The number of ether oxygens (including phenoxy) is 2. The number of hydrogen-bond donors (Lipinski definition) is 2. The number of carboxylic acids is 1. The number of nitrogens with one attached hydrogen (secondary N) is 1. The topological polar surface area (TPSA) is 105 Å². The molecule has 1 fully saturated rings. The smallest absolute Gasteiger partial charge is 0.407 e. The Labute approximate surface area is 198 Å². The molecule has 4 rings (SSSR count). The summed E-state index contributed by atoms with van der Waals surface area (Å²) in [4.78, 5) is 38.8. The van der Waals surface area contributed by atoms with Crippen molar-refractivity contribution in [1.29, 1.82) is 0 Å². The molecule has 0 unspecified atom stereocenters. The highest BCUT2D eigenvalue weighted by Gasteiger charge is 2.38. The number of carbonyl (C=O) groups is 3. The van der Waals surface area contributed by atoms with Crippen LogP contribution in [-0.2, 0) is 19.1 Å². The standard InChI is InChI=1S/C26H30N2O6/c1-16(33-2)24(25(31)28-13-7-8-17(28)14-23(29)30)27-26(32)34-15-22-20-11-5-3-9-18(20)19-10-4-6-12-21(19)22/h3-6,9-12,16-17,22,24H,7-8,13-15H2,1-2H3,(H,27,32)(H,29,30)/t16-,17+,24+/m1/s1. The Morgan fingerprint density at radius 2 is 1.71 bits per heavy atom. The van der Waals surface area contributed by atoms with Crippen molar-refractivity contribution in [2.75, 3.05) is 20.3 Å². The molecule has 1 saturated heterocycles. The van der Waals surface area contributed by atoms with Crippen molar-refractivity contribution in [3.63, 3.8) is 0 Å². The lowest BCUT2D eigenvalue weighted by molar-refractivity contribution is -0.141. The van der Waals surface area contributed by atoms with Gasteiger partial charge in [0.25, 0.3) is 0 Å². The lowest BCUT2D eigenvalue weighted by atomic mass is 9.98. The van der Waals surface area contributed by atoms with E-state index in [4.69, 9.17) is 9.47 Å². The van der Waals surface area contributed by atoms with Crippen molar-refractivity contribution < 1.29 is 29.0 Å². The summed E-state index contributed by atoms with van der Waals surface area (Å²) >= 11 is 0. The van der Waals surface area contributed by atoms with E-state index in [1.807, 2.05) is 36.4 Å². The van der Waals surface area contributed by atoms with E-state index in [-0.39, 0.29) is 30.9 Å². The highest BCUT2D eigenvalue weighted by Crippen LogP contribution is 2.44. The van der Waals surface area contributed by atoms with Crippen LogP contribution in [0.1, 0.15) is 43.2 Å². The molecule has 0 spiro atoms. The molecule has 0 bridgehead atoms. The fourth-order valence-corrected chi connectivity index (χ4v) is 5.00. The van der Waals surface area contributed by atoms with E-state index in [9.17, 15) is 19.5 Å². The minimum atomic E-state index is -0.977. The fourth-order valence-electron chi connectivity index (χ4n) is 5.00. The van der Waals surface area contributed by atoms with Gasteiger partial charge in [-0.25, -0.2) is 4.79 Å². The molecule has 1 heterocycles. The van der Waals surface area contributed by atoms with E-state index in [1.165, 1.54) is 12.0 Å². The Morgan fingerprint density at radius 3 is 2.29 bits per heavy atom. The molecule has 2 N–H and O–H groups in total. The molecule has 2 aromatic carbocycles. The first-order valence-corrected chi connectivity index (χ1v) is 11.6. The maximum atomic E-state index is 13.2. The Balaban J connectivity index is 1.44. The number of carboxylic acid groups (broad SMARTS) is 1. The monoisotopic (exact) mass is 466 g/mol. The van der Waals surface area contributed by atoms with Crippen LogP contribution in [0.25, 0.3) is 11.1 Å². The van der Waals surface area contributed by atoms with Crippen LogP contribution in [0.15, 0.2) is 48.5 Å². The summed E-state index contributed by atoms with van der Waals surface area (Å²) in [6, 6.07) is 14.8. The van der Waals surface area contributed by atoms with Gasteiger partial charge in [0.1, 0.15) is 12.6 Å². The number of fused-ring (bicyclic) bond motifs is 3. The van der Waals surface area contributed by atoms with Gasteiger partial charge < -0.3 is 24.8 Å². The number of hydrogen-bond acceptors (Lipinski definition) is 5. The second-order valence-electron chi connectivity index (χ2n) is 8.81. The van der Waals surface area contributed by atoms with Gasteiger partial charge in [0.15, 0.2) is 0 Å². The minimum Gasteiger partial charge on any atom is -0.481 e. The summed E-state index contributed by atoms with van der Waals surface area (Å²) in [5.74, 6) is -1.40. The third kappa shape index (κ3) is 4.77. The molecule has 0 radical (unpaired) electrons. The van der Waals surface area contributed by atoms with Crippen LogP contribution in [0.2, 0.25) is 0 Å². The van der Waals surface area contributed by atoms with Gasteiger partial charge in [0.05, 0.1) is 12.5 Å². The first kappa shape index (κ1) is 23.8. The summed E-state index contributed by atoms with van der Waals surface area (Å²) in [6.45, 7) is 2.28. The second kappa shape index (κ2) is 10.3. The maximum absolute atomic E-state index is 13.2. The number of nitrogens with zero attached hydrogens (tertiary/aromatic N) is 1. The van der Waals surface area contributed by atoms with Gasteiger partial charge in [-0.1, -0.05) is 48.5 Å². The summed E-state index contributed by atoms with van der Waals surface area (Å²) in [6.07, 6.45) is -0.0953. The van der Waals surface area contributed by atoms with Crippen molar-refractivity contribution >= 4 is 18.0 Å². The number of rotatable bonds is 8. The molecule has 2 aromatic rings. The normalized spacial score (nSPS) is 18.6. The molecule has 180 valence electrons. The van der Waals surface area contributed by atoms with Crippen molar-refractivity contribution in [1.82, 2.24) is 10.2 Å². The molecular weight excluding hydrogens is 436 g/mol. The van der Waals surface area contributed by atoms with E-state index in [2.05, 4.69) is 17.4 Å². The van der Waals surface area contributed by atoms with Crippen LogP contribution in [0.4, 0.5) is 4.79 Å². The number of carbonyl (C=O) groups excluding carboxylic acids is 2. The van der Waals surface area contributed by atoms with Gasteiger partial charge >= 0.3 is 12.1 Å². The predicted octanol–water partition coefficient (Wildman–Crippen LogP) is 3.39. The average molecular weight is 467 g/mol. The zero-order valence-corrected chi connectivity index (χ0v) is 19.4. The van der Waals surface area contributed by atoms with Gasteiger partial charge in [-0.05, 0) is 42.0 Å². The Morgan fingerprint density at radius 1 is 1.09 bits per heavy atom. The Kier molecular flexibility index (Phi) is 7.17. The first-order valence-electron chi connectivity index (χ1n) is 11.6. The SMILES string of the molecule is CO[C@H](C)[C@H](NC(=O)OCC1c2ccccc2-c2ccccc21)C(=O)N1CCC[C@H]1CC(=O)O. The Hall–Kier alpha value is -3.39. The third-order valence-corrected chi connectivity index (χ3v) is 6.79. The van der Waals surface area contributed by atoms with Crippen LogP contribution < -0.4 is 5.32 Å². The molecule has 2 amide bonds. The molecule has 2 aliphatic rings. The Bertz CT molecular complexity index is 1030. The molecule has 8 nitrogen and oxygen atoms in total. The van der Waals surface area contributed by atoms with Gasteiger partial charge in [-0.2, -0.15) is 0 Å². The van der Waals surface area contributed by atoms with E-state index in [1.54, 1.807) is 6.92 Å². The summed E-state index contributed by atoms with van der Waals surface area (Å²) in [5, 5.41) is 11.8. The molecule has 1 aliphatic heterocycles. The van der Waals surface area contributed by atoms with E-state index in [0.29, 0.717) is 13.0 Å². The van der Waals surface area contributed by atoms with Crippen LogP contribution in [-0.4, -0.2) is 66.4 Å². The molecule has 3 atom stereocenters. The average Bonchev–Trinajstić information content (AvgIpc) is 3.42. The quantitative estimate of drug-likeness (QED) is 0.618. The van der Waals surface area contributed by atoms with Crippen molar-refractivity contribution in [2.45, 2.75) is 50.3 Å². The molecule has 34 heavy (non-hydrogen) atoms. The second-order valence-corrected chi connectivity index (χ2v) is 8.81. The predicted molar refractivity (Wildman–Crippen MR) is 125 cm³/mol. The van der Waals surface area contributed by atoms with Crippen molar-refractivity contribution in [2.24, 2.45) is 0 Å². The molecule has 0 aromatic heterocycles. The minimum absolute atomic E-state index is 0.0920. The number of amides is 2. The number of benzene rings is 2.